The number of carbonyl (C=O) groups is 1. The van der Waals surface area contributed by atoms with Crippen LogP contribution in [0.1, 0.15) is 34.5 Å². The van der Waals surface area contributed by atoms with Gasteiger partial charge in [-0.1, -0.05) is 60.1 Å². The van der Waals surface area contributed by atoms with E-state index >= 15 is 0 Å². The SMILES string of the molecule is COc1cccc(C(=O)N(Cc2cccc(Oc3ccc(Cl)cc3)c2)C(C)c2ccccc2)c1. The van der Waals surface area contributed by atoms with Crippen molar-refractivity contribution in [2.24, 2.45) is 0 Å². The minimum atomic E-state index is -0.138. The largest absolute Gasteiger partial charge is 0.497 e. The van der Waals surface area contributed by atoms with Crippen molar-refractivity contribution in [3.05, 3.63) is 125 Å². The summed E-state index contributed by atoms with van der Waals surface area (Å²) in [6.45, 7) is 2.46. The van der Waals surface area contributed by atoms with E-state index in [4.69, 9.17) is 21.1 Å². The molecule has 1 unspecified atom stereocenters. The molecule has 0 aliphatic heterocycles. The predicted octanol–water partition coefficient (Wildman–Crippen LogP) is 7.54. The molecule has 4 nitrogen and oxygen atoms in total. The summed E-state index contributed by atoms with van der Waals surface area (Å²) in [7, 11) is 1.60. The van der Waals surface area contributed by atoms with Gasteiger partial charge in [0, 0.05) is 17.1 Å². The van der Waals surface area contributed by atoms with Crippen LogP contribution >= 0.6 is 11.6 Å². The number of benzene rings is 4. The van der Waals surface area contributed by atoms with Gasteiger partial charge in [0.25, 0.3) is 5.91 Å². The Hall–Kier alpha value is -3.76. The van der Waals surface area contributed by atoms with Crippen molar-refractivity contribution >= 4 is 17.5 Å². The molecule has 0 spiro atoms. The van der Waals surface area contributed by atoms with Crippen molar-refractivity contribution in [3.8, 4) is 17.2 Å². The van der Waals surface area contributed by atoms with Crippen molar-refractivity contribution in [1.29, 1.82) is 0 Å². The van der Waals surface area contributed by atoms with E-state index in [1.807, 2.05) is 96.8 Å². The lowest BCUT2D eigenvalue weighted by molar-refractivity contribution is 0.0673. The number of halogens is 1. The third-order valence-corrected chi connectivity index (χ3v) is 5.88. The van der Waals surface area contributed by atoms with Crippen molar-refractivity contribution < 1.29 is 14.3 Å². The summed E-state index contributed by atoms with van der Waals surface area (Å²) in [6.07, 6.45) is 0. The van der Waals surface area contributed by atoms with E-state index in [9.17, 15) is 4.79 Å². The highest BCUT2D eigenvalue weighted by Gasteiger charge is 2.23. The maximum atomic E-state index is 13.7. The van der Waals surface area contributed by atoms with Gasteiger partial charge in [0.15, 0.2) is 0 Å². The van der Waals surface area contributed by atoms with Crippen LogP contribution in [-0.2, 0) is 6.54 Å². The summed E-state index contributed by atoms with van der Waals surface area (Å²) >= 11 is 5.98. The second-order valence-corrected chi connectivity index (χ2v) is 8.39. The fourth-order valence-corrected chi connectivity index (χ4v) is 3.89. The van der Waals surface area contributed by atoms with Gasteiger partial charge in [-0.25, -0.2) is 0 Å². The fourth-order valence-electron chi connectivity index (χ4n) is 3.76. The first-order valence-electron chi connectivity index (χ1n) is 11.1. The third-order valence-electron chi connectivity index (χ3n) is 5.63. The lowest BCUT2D eigenvalue weighted by Gasteiger charge is -2.30. The molecule has 0 aliphatic carbocycles. The molecule has 0 saturated heterocycles. The highest BCUT2D eigenvalue weighted by Crippen LogP contribution is 2.28. The molecule has 1 atom stereocenters. The van der Waals surface area contributed by atoms with Crippen LogP contribution in [-0.4, -0.2) is 17.9 Å². The van der Waals surface area contributed by atoms with E-state index in [0.717, 1.165) is 11.1 Å². The molecule has 4 rings (SSSR count). The minimum Gasteiger partial charge on any atom is -0.497 e. The highest BCUT2D eigenvalue weighted by atomic mass is 35.5. The second-order valence-electron chi connectivity index (χ2n) is 7.96. The molecule has 0 saturated carbocycles. The zero-order chi connectivity index (χ0) is 23.9. The van der Waals surface area contributed by atoms with Crippen LogP contribution in [0.4, 0.5) is 0 Å². The number of hydrogen-bond donors (Lipinski definition) is 0. The summed E-state index contributed by atoms with van der Waals surface area (Å²) in [5.41, 5.74) is 2.61. The lowest BCUT2D eigenvalue weighted by atomic mass is 10.0. The van der Waals surface area contributed by atoms with E-state index in [2.05, 4.69) is 0 Å². The summed E-state index contributed by atoms with van der Waals surface area (Å²) < 4.78 is 11.3. The lowest BCUT2D eigenvalue weighted by Crippen LogP contribution is -2.33. The van der Waals surface area contributed by atoms with Crippen LogP contribution in [0, 0.1) is 0 Å². The number of rotatable bonds is 8. The van der Waals surface area contributed by atoms with E-state index in [-0.39, 0.29) is 11.9 Å². The molecule has 1 amide bonds. The Morgan fingerprint density at radius 3 is 2.26 bits per heavy atom. The number of carbonyl (C=O) groups excluding carboxylic acids is 1. The predicted molar refractivity (Wildman–Crippen MR) is 136 cm³/mol. The number of nitrogens with zero attached hydrogens (tertiary/aromatic N) is 1. The summed E-state index contributed by atoms with van der Waals surface area (Å²) in [5, 5.41) is 0.655. The Labute approximate surface area is 205 Å². The number of ether oxygens (including phenoxy) is 2. The number of amides is 1. The van der Waals surface area contributed by atoms with Gasteiger partial charge in [0.2, 0.25) is 0 Å². The Balaban J connectivity index is 1.62. The molecule has 0 aliphatic rings. The van der Waals surface area contributed by atoms with Crippen molar-refractivity contribution in [1.82, 2.24) is 4.90 Å². The molecule has 4 aromatic rings. The monoisotopic (exact) mass is 471 g/mol. The molecular formula is C29H26ClNO3. The third kappa shape index (κ3) is 5.77. The van der Waals surface area contributed by atoms with Crippen molar-refractivity contribution in [2.75, 3.05) is 7.11 Å². The van der Waals surface area contributed by atoms with Gasteiger partial charge in [0.1, 0.15) is 17.2 Å². The molecule has 0 N–H and O–H groups in total. The van der Waals surface area contributed by atoms with Crippen LogP contribution in [0.5, 0.6) is 17.2 Å². The average molecular weight is 472 g/mol. The molecule has 0 aromatic heterocycles. The average Bonchev–Trinajstić information content (AvgIpc) is 2.88. The number of methoxy groups -OCH3 is 1. The van der Waals surface area contributed by atoms with Gasteiger partial charge < -0.3 is 14.4 Å². The van der Waals surface area contributed by atoms with Gasteiger partial charge in [0.05, 0.1) is 13.2 Å². The topological polar surface area (TPSA) is 38.8 Å². The maximum absolute atomic E-state index is 13.7. The molecule has 5 heteroatoms. The quantitative estimate of drug-likeness (QED) is 0.266. The smallest absolute Gasteiger partial charge is 0.254 e. The van der Waals surface area contributed by atoms with Crippen molar-refractivity contribution in [3.63, 3.8) is 0 Å². The van der Waals surface area contributed by atoms with Gasteiger partial charge in [-0.15, -0.1) is 0 Å². The molecule has 172 valence electrons. The first kappa shape index (κ1) is 23.4. The Morgan fingerprint density at radius 2 is 1.53 bits per heavy atom. The maximum Gasteiger partial charge on any atom is 0.254 e. The first-order chi connectivity index (χ1) is 16.5. The summed E-state index contributed by atoms with van der Waals surface area (Å²) in [4.78, 5) is 15.5. The van der Waals surface area contributed by atoms with E-state index < -0.39 is 0 Å². The second kappa shape index (κ2) is 10.9. The van der Waals surface area contributed by atoms with Gasteiger partial charge >= 0.3 is 0 Å². The Kier molecular flexibility index (Phi) is 7.51. The molecule has 34 heavy (non-hydrogen) atoms. The van der Waals surface area contributed by atoms with Crippen LogP contribution in [0.25, 0.3) is 0 Å². The van der Waals surface area contributed by atoms with Crippen molar-refractivity contribution in [2.45, 2.75) is 19.5 Å². The van der Waals surface area contributed by atoms with Crippen LogP contribution < -0.4 is 9.47 Å². The van der Waals surface area contributed by atoms with E-state index in [1.165, 1.54) is 0 Å². The molecule has 0 fully saturated rings. The number of hydrogen-bond acceptors (Lipinski definition) is 3. The standard InChI is InChI=1S/C29H26ClNO3/c1-21(23-9-4-3-5-10-23)31(29(32)24-11-7-12-27(19-24)33-2)20-22-8-6-13-28(18-22)34-26-16-14-25(30)15-17-26/h3-19,21H,20H2,1-2H3. The Morgan fingerprint density at radius 1 is 0.824 bits per heavy atom. The summed E-state index contributed by atoms with van der Waals surface area (Å²) in [6, 6.07) is 32.1. The van der Waals surface area contributed by atoms with Crippen LogP contribution in [0.3, 0.4) is 0 Å². The van der Waals surface area contributed by atoms with Crippen LogP contribution in [0.15, 0.2) is 103 Å². The first-order valence-corrected chi connectivity index (χ1v) is 11.4. The molecule has 4 aromatic carbocycles. The zero-order valence-corrected chi connectivity index (χ0v) is 19.9. The van der Waals surface area contributed by atoms with Gasteiger partial charge in [-0.3, -0.25) is 4.79 Å². The molecule has 0 bridgehead atoms. The highest BCUT2D eigenvalue weighted by molar-refractivity contribution is 6.30. The van der Waals surface area contributed by atoms with Crippen LogP contribution in [0.2, 0.25) is 5.02 Å². The fraction of sp³-hybridized carbons (Fsp3) is 0.138. The molecule has 0 heterocycles. The summed E-state index contributed by atoms with van der Waals surface area (Å²) in [5.74, 6) is 1.97. The zero-order valence-electron chi connectivity index (χ0n) is 19.1. The Bertz CT molecular complexity index is 1240. The minimum absolute atomic E-state index is 0.0701. The van der Waals surface area contributed by atoms with Gasteiger partial charge in [-0.2, -0.15) is 0 Å². The normalized spacial score (nSPS) is 11.5. The molecule has 0 radical (unpaired) electrons. The van der Waals surface area contributed by atoms with E-state index in [0.29, 0.717) is 34.4 Å². The molecular weight excluding hydrogens is 446 g/mol. The van der Waals surface area contributed by atoms with E-state index in [1.54, 1.807) is 25.3 Å². The van der Waals surface area contributed by atoms with Gasteiger partial charge in [-0.05, 0) is 72.6 Å².